The average molecular weight is 279 g/mol. The Morgan fingerprint density at radius 2 is 2.32 bits per heavy atom. The van der Waals surface area contributed by atoms with Crippen LogP contribution in [0.15, 0.2) is 33.3 Å². The van der Waals surface area contributed by atoms with Crippen LogP contribution < -0.4 is 11.0 Å². The first kappa shape index (κ1) is 13.8. The fourth-order valence-electron chi connectivity index (χ4n) is 1.63. The van der Waals surface area contributed by atoms with Crippen molar-refractivity contribution in [2.75, 3.05) is 7.05 Å². The van der Waals surface area contributed by atoms with Crippen molar-refractivity contribution in [3.05, 3.63) is 34.4 Å². The van der Waals surface area contributed by atoms with Crippen molar-refractivity contribution in [2.24, 2.45) is 0 Å². The first-order valence-electron chi connectivity index (χ1n) is 6.12. The quantitative estimate of drug-likeness (QED) is 0.865. The number of rotatable bonds is 5. The van der Waals surface area contributed by atoms with Crippen molar-refractivity contribution in [2.45, 2.75) is 36.6 Å². The van der Waals surface area contributed by atoms with Crippen LogP contribution in [-0.4, -0.2) is 26.8 Å². The Balaban J connectivity index is 2.17. The number of pyridine rings is 1. The molecule has 0 amide bonds. The van der Waals surface area contributed by atoms with Gasteiger partial charge in [-0.05, 0) is 44.3 Å². The Kier molecular flexibility index (Phi) is 4.39. The van der Waals surface area contributed by atoms with Gasteiger partial charge in [0.25, 0.3) is 0 Å². The smallest absolute Gasteiger partial charge is 0.313 e. The van der Waals surface area contributed by atoms with Gasteiger partial charge in [-0.3, -0.25) is 4.57 Å². The van der Waals surface area contributed by atoms with Gasteiger partial charge in [0.1, 0.15) is 5.03 Å². The normalized spacial score (nSPS) is 12.6. The summed E-state index contributed by atoms with van der Waals surface area (Å²) >= 11 is 1.38. The summed E-state index contributed by atoms with van der Waals surface area (Å²) in [5.74, 6) is 0. The van der Waals surface area contributed by atoms with Gasteiger partial charge in [0, 0.05) is 18.8 Å². The van der Waals surface area contributed by atoms with E-state index < -0.39 is 0 Å². The van der Waals surface area contributed by atoms with Crippen LogP contribution in [0.4, 0.5) is 0 Å². The zero-order valence-corrected chi connectivity index (χ0v) is 12.0. The molecule has 0 aliphatic carbocycles. The molecule has 0 aromatic carbocycles. The zero-order valence-electron chi connectivity index (χ0n) is 11.2. The number of hydrogen-bond donors (Lipinski definition) is 2. The third-order valence-corrected chi connectivity index (χ3v) is 3.87. The van der Waals surface area contributed by atoms with E-state index in [1.54, 1.807) is 4.57 Å². The molecule has 0 aliphatic rings. The van der Waals surface area contributed by atoms with Gasteiger partial charge in [0.15, 0.2) is 5.16 Å². The predicted molar refractivity (Wildman–Crippen MR) is 74.4 cm³/mol. The highest BCUT2D eigenvalue weighted by atomic mass is 32.2. The zero-order chi connectivity index (χ0) is 13.8. The SMILES string of the molecule is CCn1c(Sc2ccc(C(C)NC)cn2)n[nH]c1=O. The second-order valence-corrected chi connectivity index (χ2v) is 5.09. The molecule has 0 spiro atoms. The highest BCUT2D eigenvalue weighted by Crippen LogP contribution is 2.23. The summed E-state index contributed by atoms with van der Waals surface area (Å²) in [6.45, 7) is 4.57. The Morgan fingerprint density at radius 1 is 1.53 bits per heavy atom. The van der Waals surface area contributed by atoms with E-state index in [2.05, 4.69) is 27.4 Å². The molecule has 7 heteroatoms. The molecule has 2 aromatic rings. The molecule has 0 aliphatic heterocycles. The molecule has 1 unspecified atom stereocenters. The molecule has 0 fully saturated rings. The maximum absolute atomic E-state index is 11.4. The van der Waals surface area contributed by atoms with Crippen molar-refractivity contribution in [3.8, 4) is 0 Å². The van der Waals surface area contributed by atoms with E-state index >= 15 is 0 Å². The van der Waals surface area contributed by atoms with Gasteiger partial charge >= 0.3 is 5.69 Å². The molecule has 2 rings (SSSR count). The molecule has 0 radical (unpaired) electrons. The summed E-state index contributed by atoms with van der Waals surface area (Å²) in [6.07, 6.45) is 1.84. The van der Waals surface area contributed by atoms with Crippen molar-refractivity contribution in [3.63, 3.8) is 0 Å². The molecule has 2 N–H and O–H groups in total. The lowest BCUT2D eigenvalue weighted by molar-refractivity contribution is 0.647. The van der Waals surface area contributed by atoms with Gasteiger partial charge in [-0.15, -0.1) is 5.10 Å². The van der Waals surface area contributed by atoms with Crippen LogP contribution in [-0.2, 0) is 6.54 Å². The summed E-state index contributed by atoms with van der Waals surface area (Å²) < 4.78 is 1.58. The predicted octanol–water partition coefficient (Wildman–Crippen LogP) is 1.42. The van der Waals surface area contributed by atoms with Crippen LogP contribution in [0.5, 0.6) is 0 Å². The summed E-state index contributed by atoms with van der Waals surface area (Å²) in [6, 6.07) is 4.23. The van der Waals surface area contributed by atoms with E-state index in [9.17, 15) is 4.79 Å². The van der Waals surface area contributed by atoms with Crippen molar-refractivity contribution in [1.82, 2.24) is 25.1 Å². The maximum atomic E-state index is 11.4. The minimum atomic E-state index is -0.189. The molecular formula is C12H17N5OS. The Labute approximate surface area is 115 Å². The van der Waals surface area contributed by atoms with Crippen LogP contribution in [0.1, 0.15) is 25.5 Å². The third kappa shape index (κ3) is 3.05. The van der Waals surface area contributed by atoms with Gasteiger partial charge < -0.3 is 5.32 Å². The van der Waals surface area contributed by atoms with Crippen LogP contribution in [0.3, 0.4) is 0 Å². The molecule has 2 heterocycles. The molecule has 6 nitrogen and oxygen atoms in total. The minimum Gasteiger partial charge on any atom is -0.313 e. The second-order valence-electron chi connectivity index (χ2n) is 4.10. The Hall–Kier alpha value is -1.60. The van der Waals surface area contributed by atoms with E-state index in [1.165, 1.54) is 11.8 Å². The topological polar surface area (TPSA) is 75.6 Å². The summed E-state index contributed by atoms with van der Waals surface area (Å²) in [5.41, 5.74) is 0.937. The fraction of sp³-hybridized carbons (Fsp3) is 0.417. The molecule has 0 bridgehead atoms. The van der Waals surface area contributed by atoms with Gasteiger partial charge in [-0.2, -0.15) is 0 Å². The van der Waals surface area contributed by atoms with Crippen molar-refractivity contribution in [1.29, 1.82) is 0 Å². The maximum Gasteiger partial charge on any atom is 0.343 e. The largest absolute Gasteiger partial charge is 0.343 e. The third-order valence-electron chi connectivity index (χ3n) is 2.93. The molecule has 0 saturated carbocycles. The molecule has 102 valence electrons. The molecule has 1 atom stereocenters. The van der Waals surface area contributed by atoms with E-state index in [0.717, 1.165) is 10.6 Å². The summed E-state index contributed by atoms with van der Waals surface area (Å²) in [4.78, 5) is 15.8. The number of H-pyrrole nitrogens is 1. The van der Waals surface area contributed by atoms with E-state index in [1.807, 2.05) is 32.3 Å². The highest BCUT2D eigenvalue weighted by molar-refractivity contribution is 7.99. The standard InChI is InChI=1S/C12H17N5OS/c1-4-17-11(18)15-16-12(17)19-10-6-5-9(7-14-10)8(2)13-3/h5-8,13H,4H2,1-3H3,(H,15,18). The number of aromatic nitrogens is 4. The molecule has 2 aromatic heterocycles. The first-order valence-corrected chi connectivity index (χ1v) is 6.93. The lowest BCUT2D eigenvalue weighted by Gasteiger charge is -2.10. The summed E-state index contributed by atoms with van der Waals surface area (Å²) in [5, 5.41) is 11.1. The van der Waals surface area contributed by atoms with Crippen LogP contribution in [0.2, 0.25) is 0 Å². The number of nitrogens with one attached hydrogen (secondary N) is 2. The minimum absolute atomic E-state index is 0.189. The number of hydrogen-bond acceptors (Lipinski definition) is 5. The highest BCUT2D eigenvalue weighted by Gasteiger charge is 2.10. The van der Waals surface area contributed by atoms with Gasteiger partial charge in [-0.1, -0.05) is 6.07 Å². The Morgan fingerprint density at radius 3 is 2.89 bits per heavy atom. The lowest BCUT2D eigenvalue weighted by Crippen LogP contribution is -2.16. The van der Waals surface area contributed by atoms with Crippen LogP contribution in [0, 0.1) is 0 Å². The Bertz CT molecular complexity index is 589. The van der Waals surface area contributed by atoms with Crippen LogP contribution in [0.25, 0.3) is 0 Å². The summed E-state index contributed by atoms with van der Waals surface area (Å²) in [7, 11) is 1.91. The van der Waals surface area contributed by atoms with Crippen molar-refractivity contribution >= 4 is 11.8 Å². The second kappa shape index (κ2) is 6.03. The molecule has 19 heavy (non-hydrogen) atoms. The fourth-order valence-corrected chi connectivity index (χ4v) is 2.47. The van der Waals surface area contributed by atoms with E-state index in [4.69, 9.17) is 0 Å². The number of aromatic amines is 1. The molecular weight excluding hydrogens is 262 g/mol. The van der Waals surface area contributed by atoms with E-state index in [0.29, 0.717) is 11.7 Å². The monoisotopic (exact) mass is 279 g/mol. The van der Waals surface area contributed by atoms with Gasteiger partial charge in [0.05, 0.1) is 0 Å². The van der Waals surface area contributed by atoms with Gasteiger partial charge in [0.2, 0.25) is 0 Å². The van der Waals surface area contributed by atoms with Gasteiger partial charge in [-0.25, -0.2) is 14.9 Å². The van der Waals surface area contributed by atoms with Crippen LogP contribution >= 0.6 is 11.8 Å². The lowest BCUT2D eigenvalue weighted by atomic mass is 10.1. The van der Waals surface area contributed by atoms with Crippen molar-refractivity contribution < 1.29 is 0 Å². The first-order chi connectivity index (χ1) is 9.15. The number of nitrogens with zero attached hydrogens (tertiary/aromatic N) is 3. The molecule has 0 saturated heterocycles. The van der Waals surface area contributed by atoms with E-state index in [-0.39, 0.29) is 11.7 Å². The average Bonchev–Trinajstić information content (AvgIpc) is 2.79.